The van der Waals surface area contributed by atoms with Crippen LogP contribution in [0.4, 0.5) is 4.39 Å². The predicted octanol–water partition coefficient (Wildman–Crippen LogP) is 5.40. The quantitative estimate of drug-likeness (QED) is 0.710. The molecule has 2 aromatic rings. The molecule has 1 aromatic heterocycles. The van der Waals surface area contributed by atoms with Crippen LogP contribution in [0.2, 0.25) is 5.02 Å². The lowest BCUT2D eigenvalue weighted by molar-refractivity contribution is 0.410. The molecule has 114 valence electrons. The van der Waals surface area contributed by atoms with E-state index in [1.165, 1.54) is 24.5 Å². The van der Waals surface area contributed by atoms with Gasteiger partial charge in [-0.05, 0) is 41.0 Å². The van der Waals surface area contributed by atoms with Gasteiger partial charge in [-0.25, -0.2) is 4.39 Å². The van der Waals surface area contributed by atoms with E-state index < -0.39 is 0 Å². The van der Waals surface area contributed by atoms with Crippen molar-refractivity contribution >= 4 is 38.9 Å². The monoisotopic (exact) mass is 391 g/mol. The maximum absolute atomic E-state index is 14.3. The molecule has 0 radical (unpaired) electrons. The zero-order chi connectivity index (χ0) is 15.4. The number of hydrogen-bond donors (Lipinski definition) is 1. The minimum Gasteiger partial charge on any atom is -0.497 e. The third-order valence-electron chi connectivity index (χ3n) is 3.07. The maximum Gasteiger partial charge on any atom is 0.132 e. The Morgan fingerprint density at radius 3 is 2.71 bits per heavy atom. The number of thiophene rings is 1. The van der Waals surface area contributed by atoms with Gasteiger partial charge in [0.15, 0.2) is 0 Å². The van der Waals surface area contributed by atoms with Gasteiger partial charge < -0.3 is 10.1 Å². The first-order chi connectivity index (χ1) is 10.1. The molecule has 1 aromatic carbocycles. The smallest absolute Gasteiger partial charge is 0.132 e. The van der Waals surface area contributed by atoms with Crippen molar-refractivity contribution in [3.8, 4) is 5.75 Å². The third kappa shape index (κ3) is 3.97. The molecule has 2 nitrogen and oxygen atoms in total. The van der Waals surface area contributed by atoms with Crippen molar-refractivity contribution in [2.24, 2.45) is 0 Å². The van der Waals surface area contributed by atoms with Crippen LogP contribution in [-0.2, 0) is 0 Å². The third-order valence-corrected chi connectivity index (χ3v) is 5.61. The summed E-state index contributed by atoms with van der Waals surface area (Å²) in [6, 6.07) is 6.57. The first kappa shape index (κ1) is 16.7. The van der Waals surface area contributed by atoms with E-state index in [0.29, 0.717) is 16.3 Å². The summed E-state index contributed by atoms with van der Waals surface area (Å²) < 4.78 is 20.3. The summed E-state index contributed by atoms with van der Waals surface area (Å²) in [5.74, 6) is 0.222. The van der Waals surface area contributed by atoms with Gasteiger partial charge in [-0.2, -0.15) is 0 Å². The highest BCUT2D eigenvalue weighted by Gasteiger charge is 2.21. The number of ether oxygens (including phenoxy) is 1. The molecular formula is C15H16BrClFNOS. The number of hydrogen-bond acceptors (Lipinski definition) is 3. The average Bonchev–Trinajstić information content (AvgIpc) is 2.80. The average molecular weight is 393 g/mol. The normalized spacial score (nSPS) is 12.4. The van der Waals surface area contributed by atoms with Crippen LogP contribution in [0.15, 0.2) is 28.1 Å². The highest BCUT2D eigenvalue weighted by molar-refractivity contribution is 9.11. The van der Waals surface area contributed by atoms with Crippen LogP contribution in [0.1, 0.15) is 29.8 Å². The highest BCUT2D eigenvalue weighted by Crippen LogP contribution is 2.38. The fraction of sp³-hybridized carbons (Fsp3) is 0.333. The lowest BCUT2D eigenvalue weighted by Gasteiger charge is -2.18. The largest absolute Gasteiger partial charge is 0.497 e. The van der Waals surface area contributed by atoms with Gasteiger partial charge in [0.25, 0.3) is 0 Å². The Labute approximate surface area is 141 Å². The second-order valence-corrected chi connectivity index (χ2v) is 7.35. The van der Waals surface area contributed by atoms with Gasteiger partial charge in [0.2, 0.25) is 0 Å². The molecule has 0 amide bonds. The first-order valence-electron chi connectivity index (χ1n) is 6.58. The number of benzene rings is 1. The molecule has 1 N–H and O–H groups in total. The molecule has 2 rings (SSSR count). The van der Waals surface area contributed by atoms with Gasteiger partial charge in [-0.3, -0.25) is 0 Å². The van der Waals surface area contributed by atoms with E-state index in [9.17, 15) is 4.39 Å². The summed E-state index contributed by atoms with van der Waals surface area (Å²) in [6.45, 7) is 2.87. The molecule has 0 fully saturated rings. The summed E-state index contributed by atoms with van der Waals surface area (Å²) in [4.78, 5) is 0.976. The Hall–Kier alpha value is -0.620. The van der Waals surface area contributed by atoms with Crippen molar-refractivity contribution in [1.82, 2.24) is 5.32 Å². The van der Waals surface area contributed by atoms with Crippen LogP contribution in [0.25, 0.3) is 0 Å². The van der Waals surface area contributed by atoms with Crippen LogP contribution in [0, 0.1) is 5.82 Å². The first-order valence-corrected chi connectivity index (χ1v) is 8.57. The molecule has 1 atom stereocenters. The predicted molar refractivity (Wildman–Crippen MR) is 90.1 cm³/mol. The molecule has 0 aliphatic heterocycles. The van der Waals surface area contributed by atoms with Crippen molar-refractivity contribution < 1.29 is 9.13 Å². The Bertz CT molecular complexity index is 600. The van der Waals surface area contributed by atoms with E-state index in [-0.39, 0.29) is 11.9 Å². The molecule has 0 saturated heterocycles. The van der Waals surface area contributed by atoms with Crippen LogP contribution >= 0.6 is 38.9 Å². The van der Waals surface area contributed by atoms with E-state index in [1.54, 1.807) is 12.1 Å². The molecule has 21 heavy (non-hydrogen) atoms. The Kier molecular flexibility index (Phi) is 6.05. The summed E-state index contributed by atoms with van der Waals surface area (Å²) in [5, 5.41) is 4.02. The van der Waals surface area contributed by atoms with Crippen molar-refractivity contribution in [3.63, 3.8) is 0 Å². The zero-order valence-corrected chi connectivity index (χ0v) is 14.9. The van der Waals surface area contributed by atoms with E-state index >= 15 is 0 Å². The van der Waals surface area contributed by atoms with Crippen LogP contribution in [0.5, 0.6) is 5.75 Å². The van der Waals surface area contributed by atoms with Crippen molar-refractivity contribution in [2.75, 3.05) is 13.7 Å². The Morgan fingerprint density at radius 2 is 2.19 bits per heavy atom. The molecule has 0 aliphatic rings. The van der Waals surface area contributed by atoms with Crippen LogP contribution < -0.4 is 10.1 Å². The minimum atomic E-state index is -0.288. The van der Waals surface area contributed by atoms with Crippen LogP contribution in [-0.4, -0.2) is 13.7 Å². The van der Waals surface area contributed by atoms with E-state index in [4.69, 9.17) is 16.3 Å². The highest BCUT2D eigenvalue weighted by atomic mass is 79.9. The van der Waals surface area contributed by atoms with Gasteiger partial charge >= 0.3 is 0 Å². The van der Waals surface area contributed by atoms with Gasteiger partial charge in [-0.15, -0.1) is 11.3 Å². The van der Waals surface area contributed by atoms with E-state index in [0.717, 1.165) is 21.6 Å². The lowest BCUT2D eigenvalue weighted by Crippen LogP contribution is -2.23. The molecule has 0 bridgehead atoms. The van der Waals surface area contributed by atoms with Gasteiger partial charge in [0, 0.05) is 16.5 Å². The van der Waals surface area contributed by atoms with Crippen molar-refractivity contribution in [2.45, 2.75) is 19.4 Å². The van der Waals surface area contributed by atoms with Crippen molar-refractivity contribution in [1.29, 1.82) is 0 Å². The Morgan fingerprint density at radius 1 is 1.43 bits per heavy atom. The summed E-state index contributed by atoms with van der Waals surface area (Å²) in [7, 11) is 1.53. The maximum atomic E-state index is 14.3. The number of rotatable bonds is 6. The van der Waals surface area contributed by atoms with Gasteiger partial charge in [0.05, 0.1) is 22.0 Å². The zero-order valence-electron chi connectivity index (χ0n) is 11.8. The summed E-state index contributed by atoms with van der Waals surface area (Å²) in [6.07, 6.45) is 0.967. The molecular weight excluding hydrogens is 377 g/mol. The molecule has 0 spiro atoms. The lowest BCUT2D eigenvalue weighted by atomic mass is 10.0. The molecule has 1 unspecified atom stereocenters. The van der Waals surface area contributed by atoms with Gasteiger partial charge in [-0.1, -0.05) is 24.6 Å². The fourth-order valence-corrected chi connectivity index (χ4v) is 3.87. The second-order valence-electron chi connectivity index (χ2n) is 4.54. The molecule has 1 heterocycles. The number of nitrogens with one attached hydrogen (secondary N) is 1. The fourth-order valence-electron chi connectivity index (χ4n) is 2.03. The molecule has 6 heteroatoms. The Balaban J connectivity index is 2.40. The van der Waals surface area contributed by atoms with E-state index in [1.807, 2.05) is 6.07 Å². The number of methoxy groups -OCH3 is 1. The molecule has 0 saturated carbocycles. The van der Waals surface area contributed by atoms with Gasteiger partial charge in [0.1, 0.15) is 11.6 Å². The molecule has 0 aliphatic carbocycles. The van der Waals surface area contributed by atoms with Crippen molar-refractivity contribution in [3.05, 3.63) is 49.3 Å². The standard InChI is InChI=1S/C15H16BrClFNOS/c1-3-6-19-14(13-8-11(17)15(16)21-13)10-5-4-9(20-2)7-12(10)18/h4-5,7-8,14,19H,3,6H2,1-2H3. The number of halogens is 3. The topological polar surface area (TPSA) is 21.3 Å². The summed E-state index contributed by atoms with van der Waals surface area (Å²) in [5.41, 5.74) is 0.592. The minimum absolute atomic E-state index is 0.218. The van der Waals surface area contributed by atoms with E-state index in [2.05, 4.69) is 28.2 Å². The second kappa shape index (κ2) is 7.58. The van der Waals surface area contributed by atoms with Crippen LogP contribution in [0.3, 0.4) is 0 Å². The SMILES string of the molecule is CCCNC(c1cc(Cl)c(Br)s1)c1ccc(OC)cc1F. The summed E-state index contributed by atoms with van der Waals surface area (Å²) >= 11 is 11.0.